The molecule has 15 heteroatoms. The van der Waals surface area contributed by atoms with Gasteiger partial charge in [-0.1, -0.05) is 0 Å². The quantitative estimate of drug-likeness (QED) is 0.341. The number of hydrogen-bond donors (Lipinski definition) is 1. The van der Waals surface area contributed by atoms with Crippen LogP contribution in [0.25, 0.3) is 0 Å². The van der Waals surface area contributed by atoms with Gasteiger partial charge in [-0.2, -0.15) is 39.5 Å². The molecule has 0 radical (unpaired) electrons. The minimum atomic E-state index is -7.43. The molecule has 0 saturated heterocycles. The molecule has 0 saturated carbocycles. The van der Waals surface area contributed by atoms with Crippen LogP contribution >= 0.6 is 0 Å². The van der Waals surface area contributed by atoms with Crippen LogP contribution in [-0.4, -0.2) is 36.2 Å². The summed E-state index contributed by atoms with van der Waals surface area (Å²) in [5.74, 6) is -14.8. The Bertz CT molecular complexity index is 481. The van der Waals surface area contributed by atoms with Crippen LogP contribution in [0, 0.1) is 6.07 Å². The zero-order valence-corrected chi connectivity index (χ0v) is 14.0. The second-order valence-corrected chi connectivity index (χ2v) is 4.29. The van der Waals surface area contributed by atoms with E-state index < -0.39 is 33.4 Å². The van der Waals surface area contributed by atoms with E-state index in [4.69, 9.17) is 5.26 Å². The number of alkyl halides is 9. The van der Waals surface area contributed by atoms with Gasteiger partial charge in [-0.25, -0.2) is 8.42 Å². The Labute approximate surface area is 154 Å². The fraction of sp³-hybridized carbons (Fsp3) is 0.833. The molecule has 4 nitrogen and oxygen atoms in total. The van der Waals surface area contributed by atoms with E-state index in [1.54, 1.807) is 6.92 Å². The number of halogens is 9. The fourth-order valence-corrected chi connectivity index (χ4v) is 0.960. The van der Waals surface area contributed by atoms with Crippen molar-refractivity contribution in [1.29, 1.82) is 0 Å². The predicted molar refractivity (Wildman–Crippen MR) is 41.1 cm³/mol. The molecule has 0 aromatic carbocycles. The third-order valence-electron chi connectivity index (χ3n) is 1.43. The van der Waals surface area contributed by atoms with Gasteiger partial charge in [0.25, 0.3) is 6.07 Å². The smallest absolute Gasteiger partial charge is 0.743 e. The van der Waals surface area contributed by atoms with Crippen molar-refractivity contribution in [2.45, 2.75) is 30.2 Å². The Morgan fingerprint density at radius 2 is 1.14 bits per heavy atom. The van der Waals surface area contributed by atoms with Crippen molar-refractivity contribution in [3.8, 4) is 6.07 Å². The average molecular weight is 380 g/mol. The van der Waals surface area contributed by atoms with Gasteiger partial charge in [-0.05, 0) is 0 Å². The van der Waals surface area contributed by atoms with E-state index in [1.165, 1.54) is 0 Å². The van der Waals surface area contributed by atoms with Crippen LogP contribution in [0.3, 0.4) is 0 Å². The number of hydrogen-bond acceptors (Lipinski definition) is 3. The van der Waals surface area contributed by atoms with Crippen LogP contribution in [0.15, 0.2) is 0 Å². The normalized spacial score (nSPS) is 13.4. The zero-order chi connectivity index (χ0) is 17.2. The average Bonchev–Trinajstić information content (AvgIpc) is 2.14. The van der Waals surface area contributed by atoms with Crippen molar-refractivity contribution in [3.05, 3.63) is 0 Å². The molecule has 0 aliphatic rings. The monoisotopic (exact) mass is 380 g/mol. The largest absolute Gasteiger partial charge is 1.00 e. The topological polar surface area (TPSA) is 81.0 Å². The summed E-state index contributed by atoms with van der Waals surface area (Å²) in [7, 11) is -7.42. The summed E-state index contributed by atoms with van der Waals surface area (Å²) < 4.78 is 135. The van der Waals surface area contributed by atoms with Crippen molar-refractivity contribution in [1.82, 2.24) is 0 Å². The first kappa shape index (κ1) is 26.3. The summed E-state index contributed by atoms with van der Waals surface area (Å²) in [6.07, 6.45) is -7.16. The second kappa shape index (κ2) is 7.79. The summed E-state index contributed by atoms with van der Waals surface area (Å²) in [5.41, 5.74) is 0. The number of rotatable bonds is 3. The fourth-order valence-electron chi connectivity index (χ4n) is 0.518. The van der Waals surface area contributed by atoms with Crippen LogP contribution in [0.5, 0.6) is 0 Å². The number of nitrogens with one attached hydrogen (secondary N) is 1. The standard InChI is InChI=1S/C4HF9O3S.C2H3N.K/c5-1(6,3(9,10)11)2(7,8)4(12,13)17(14,15)16;1-2-3;/h(H,14,15,16);1H3;/q;;+1. The molecule has 0 aromatic heterocycles. The minimum Gasteiger partial charge on any atom is -0.743 e. The maximum absolute atomic E-state index is 12.2. The first-order valence-corrected chi connectivity index (χ1v) is 5.31. The predicted octanol–water partition coefficient (Wildman–Crippen LogP) is -2.26. The van der Waals surface area contributed by atoms with Gasteiger partial charge in [-0.15, -0.1) is 5.26 Å². The molecule has 0 bridgehead atoms. The van der Waals surface area contributed by atoms with E-state index in [1.807, 2.05) is 6.07 Å². The summed E-state index contributed by atoms with van der Waals surface area (Å²) in [4.78, 5) is 0. The molecule has 0 atom stereocenters. The van der Waals surface area contributed by atoms with Gasteiger partial charge < -0.3 is 4.55 Å². The molecule has 0 fully saturated rings. The Kier molecular flexibility index (Phi) is 9.76. The molecular formula is C6H4F9KNO3S+. The first-order chi connectivity index (χ1) is 8.41. The molecule has 0 amide bonds. The Balaban J connectivity index is -0.000000740. The SMILES string of the molecule is CC#[NH+].O=S(=O)([O-])C(F)(F)C(F)(F)C(F)(F)C(F)(F)F.[K+]. The van der Waals surface area contributed by atoms with E-state index in [0.717, 1.165) is 0 Å². The molecule has 0 unspecified atom stereocenters. The first-order valence-electron chi connectivity index (χ1n) is 3.90. The van der Waals surface area contributed by atoms with Gasteiger partial charge in [0.15, 0.2) is 10.1 Å². The molecule has 0 spiro atoms. The van der Waals surface area contributed by atoms with Crippen LogP contribution in [0.2, 0.25) is 0 Å². The van der Waals surface area contributed by atoms with E-state index in [2.05, 4.69) is 0 Å². The molecule has 0 aliphatic heterocycles. The van der Waals surface area contributed by atoms with Crippen LogP contribution in [0.4, 0.5) is 39.5 Å². The zero-order valence-electron chi connectivity index (χ0n) is 10.0. The summed E-state index contributed by atoms with van der Waals surface area (Å²) in [5, 5.41) is -1.15. The van der Waals surface area contributed by atoms with Crippen LogP contribution in [0.1, 0.15) is 6.92 Å². The summed E-state index contributed by atoms with van der Waals surface area (Å²) in [6, 6.07) is 2.00. The third-order valence-corrected chi connectivity index (χ3v) is 2.31. The van der Waals surface area contributed by atoms with Crippen molar-refractivity contribution in [2.75, 3.05) is 0 Å². The van der Waals surface area contributed by atoms with Gasteiger partial charge in [0.1, 0.15) is 0 Å². The van der Waals surface area contributed by atoms with Gasteiger partial charge in [0.2, 0.25) is 0 Å². The van der Waals surface area contributed by atoms with Crippen molar-refractivity contribution >= 4 is 10.1 Å². The molecule has 1 N–H and O–H groups in total. The van der Waals surface area contributed by atoms with Crippen LogP contribution < -0.4 is 56.6 Å². The minimum absolute atomic E-state index is 0. The molecular weight excluding hydrogens is 376 g/mol. The molecule has 0 rings (SSSR count). The van der Waals surface area contributed by atoms with E-state index >= 15 is 0 Å². The third kappa shape index (κ3) is 5.22. The Morgan fingerprint density at radius 1 is 0.905 bits per heavy atom. The van der Waals surface area contributed by atoms with E-state index in [-0.39, 0.29) is 51.4 Å². The van der Waals surface area contributed by atoms with Gasteiger partial charge in [0, 0.05) is 0 Å². The summed E-state index contributed by atoms with van der Waals surface area (Å²) >= 11 is 0. The molecule has 0 aromatic rings. The molecule has 21 heavy (non-hydrogen) atoms. The summed E-state index contributed by atoms with van der Waals surface area (Å²) in [6.45, 7) is 1.54. The van der Waals surface area contributed by atoms with Crippen molar-refractivity contribution < 1.29 is 109 Å². The van der Waals surface area contributed by atoms with Crippen molar-refractivity contribution in [3.63, 3.8) is 0 Å². The maximum Gasteiger partial charge on any atom is 1.00 e. The Hall–Kier alpha value is 0.406. The maximum atomic E-state index is 12.2. The van der Waals surface area contributed by atoms with E-state index in [0.29, 0.717) is 0 Å². The van der Waals surface area contributed by atoms with E-state index in [9.17, 15) is 52.5 Å². The Morgan fingerprint density at radius 3 is 1.29 bits per heavy atom. The molecule has 120 valence electrons. The van der Waals surface area contributed by atoms with Crippen LogP contribution in [-0.2, 0) is 10.1 Å². The molecule has 0 heterocycles. The molecule has 0 aliphatic carbocycles. The van der Waals surface area contributed by atoms with Gasteiger partial charge in [0.05, 0.1) is 6.92 Å². The van der Waals surface area contributed by atoms with Crippen molar-refractivity contribution in [2.24, 2.45) is 0 Å². The van der Waals surface area contributed by atoms with Gasteiger partial charge >= 0.3 is 74.7 Å². The second-order valence-electron chi connectivity index (χ2n) is 2.87. The van der Waals surface area contributed by atoms with Gasteiger partial charge in [-0.3, -0.25) is 0 Å².